The number of rotatable bonds is 7. The Morgan fingerprint density at radius 3 is 2.10 bits per heavy atom. The average Bonchev–Trinajstić information content (AvgIpc) is 2.56. The van der Waals surface area contributed by atoms with E-state index in [1.165, 1.54) is 0 Å². The van der Waals surface area contributed by atoms with Gasteiger partial charge in [0, 0.05) is 23.8 Å². The Balaban J connectivity index is 2.24. The first kappa shape index (κ1) is 15.2. The molecular weight excluding hydrogens is 260 g/mol. The van der Waals surface area contributed by atoms with Gasteiger partial charge in [0.25, 0.3) is 0 Å². The van der Waals surface area contributed by atoms with Crippen LogP contribution in [-0.2, 0) is 4.79 Å². The first-order chi connectivity index (χ1) is 10.3. The highest BCUT2D eigenvalue weighted by atomic mass is 16.1. The zero-order valence-corrected chi connectivity index (χ0v) is 12.2. The molecule has 2 aromatic rings. The second kappa shape index (κ2) is 7.53. The number of hydrogen-bond donors (Lipinski definition) is 0. The molecule has 0 fully saturated rings. The van der Waals surface area contributed by atoms with Gasteiger partial charge in [-0.25, -0.2) is 0 Å². The van der Waals surface area contributed by atoms with Crippen LogP contribution in [0.3, 0.4) is 0 Å². The molecule has 0 aliphatic carbocycles. The zero-order chi connectivity index (χ0) is 15.1. The summed E-state index contributed by atoms with van der Waals surface area (Å²) in [4.78, 5) is 23.8. The fraction of sp³-hybridized carbons (Fsp3) is 0.263. The fourth-order valence-electron chi connectivity index (χ4n) is 2.63. The average molecular weight is 280 g/mol. The fourth-order valence-corrected chi connectivity index (χ4v) is 2.63. The zero-order valence-electron chi connectivity index (χ0n) is 12.2. The number of carbonyl (C=O) groups excluding carboxylic acids is 2. The second-order valence-corrected chi connectivity index (χ2v) is 5.22. The maximum atomic E-state index is 12.4. The maximum absolute atomic E-state index is 12.4. The smallest absolute Gasteiger partial charge is 0.163 e. The van der Waals surface area contributed by atoms with Gasteiger partial charge in [-0.15, -0.1) is 0 Å². The SMILES string of the molecule is CC[C@@H](C=O)[C@H](CC(=O)c1ccccc1)c1ccccc1. The van der Waals surface area contributed by atoms with Crippen molar-refractivity contribution >= 4 is 12.1 Å². The lowest BCUT2D eigenvalue weighted by Crippen LogP contribution is -2.18. The highest BCUT2D eigenvalue weighted by Gasteiger charge is 2.24. The monoisotopic (exact) mass is 280 g/mol. The molecule has 21 heavy (non-hydrogen) atoms. The summed E-state index contributed by atoms with van der Waals surface area (Å²) in [5.74, 6) is -0.0915. The molecule has 0 unspecified atom stereocenters. The lowest BCUT2D eigenvalue weighted by molar-refractivity contribution is -0.111. The van der Waals surface area contributed by atoms with Crippen LogP contribution in [0.15, 0.2) is 60.7 Å². The molecule has 2 nitrogen and oxygen atoms in total. The summed E-state index contributed by atoms with van der Waals surface area (Å²) in [5.41, 5.74) is 1.76. The van der Waals surface area contributed by atoms with E-state index in [0.717, 1.165) is 18.3 Å². The molecule has 0 spiro atoms. The molecule has 0 radical (unpaired) electrons. The van der Waals surface area contributed by atoms with Gasteiger partial charge in [0.2, 0.25) is 0 Å². The van der Waals surface area contributed by atoms with Gasteiger partial charge in [-0.05, 0) is 12.0 Å². The molecule has 0 aromatic heterocycles. The van der Waals surface area contributed by atoms with Gasteiger partial charge < -0.3 is 4.79 Å². The summed E-state index contributed by atoms with van der Waals surface area (Å²) in [5, 5.41) is 0. The number of Topliss-reactive ketones (excluding diaryl/α,β-unsaturated/α-hetero) is 1. The number of carbonyl (C=O) groups is 2. The van der Waals surface area contributed by atoms with E-state index >= 15 is 0 Å². The lowest BCUT2D eigenvalue weighted by Gasteiger charge is -2.22. The minimum absolute atomic E-state index is 0.0543. The summed E-state index contributed by atoms with van der Waals surface area (Å²) in [6.07, 6.45) is 2.09. The van der Waals surface area contributed by atoms with E-state index in [1.807, 2.05) is 67.6 Å². The Labute approximate surface area is 125 Å². The van der Waals surface area contributed by atoms with Crippen LogP contribution in [0.5, 0.6) is 0 Å². The molecule has 0 aliphatic heterocycles. The Morgan fingerprint density at radius 2 is 1.57 bits per heavy atom. The van der Waals surface area contributed by atoms with E-state index in [1.54, 1.807) is 0 Å². The highest BCUT2D eigenvalue weighted by molar-refractivity contribution is 5.96. The summed E-state index contributed by atoms with van der Waals surface area (Å²) >= 11 is 0. The van der Waals surface area contributed by atoms with Crippen LogP contribution in [-0.4, -0.2) is 12.1 Å². The molecule has 0 saturated heterocycles. The van der Waals surface area contributed by atoms with Gasteiger partial charge in [-0.2, -0.15) is 0 Å². The Hall–Kier alpha value is -2.22. The first-order valence-corrected chi connectivity index (χ1v) is 7.34. The third-order valence-electron chi connectivity index (χ3n) is 3.89. The van der Waals surface area contributed by atoms with E-state index in [2.05, 4.69) is 0 Å². The van der Waals surface area contributed by atoms with E-state index in [-0.39, 0.29) is 17.6 Å². The highest BCUT2D eigenvalue weighted by Crippen LogP contribution is 2.30. The van der Waals surface area contributed by atoms with Gasteiger partial charge in [0.05, 0.1) is 0 Å². The quantitative estimate of drug-likeness (QED) is 0.560. The number of ketones is 1. The van der Waals surface area contributed by atoms with Crippen LogP contribution in [0, 0.1) is 5.92 Å². The standard InChI is InChI=1S/C19H20O2/c1-2-15(14-20)18(16-9-5-3-6-10-16)13-19(21)17-11-7-4-8-12-17/h3-12,14-15,18H,2,13H2,1H3/t15-,18-/m0/s1. The second-order valence-electron chi connectivity index (χ2n) is 5.22. The van der Waals surface area contributed by atoms with Crippen molar-refractivity contribution in [2.75, 3.05) is 0 Å². The van der Waals surface area contributed by atoms with Gasteiger partial charge >= 0.3 is 0 Å². The predicted molar refractivity (Wildman–Crippen MR) is 84.4 cm³/mol. The van der Waals surface area contributed by atoms with Crippen molar-refractivity contribution in [2.24, 2.45) is 5.92 Å². The van der Waals surface area contributed by atoms with Crippen molar-refractivity contribution in [2.45, 2.75) is 25.7 Å². The van der Waals surface area contributed by atoms with Crippen molar-refractivity contribution in [3.63, 3.8) is 0 Å². The minimum Gasteiger partial charge on any atom is -0.303 e. The van der Waals surface area contributed by atoms with Crippen molar-refractivity contribution in [3.8, 4) is 0 Å². The van der Waals surface area contributed by atoms with Crippen LogP contribution in [0.25, 0.3) is 0 Å². The van der Waals surface area contributed by atoms with Crippen LogP contribution in [0.1, 0.15) is 41.6 Å². The summed E-state index contributed by atoms with van der Waals surface area (Å²) in [6.45, 7) is 1.99. The number of hydrogen-bond acceptors (Lipinski definition) is 2. The summed E-state index contributed by atoms with van der Waals surface area (Å²) in [6, 6.07) is 19.1. The van der Waals surface area contributed by atoms with Crippen LogP contribution >= 0.6 is 0 Å². The largest absolute Gasteiger partial charge is 0.303 e. The molecule has 0 bridgehead atoms. The van der Waals surface area contributed by atoms with Crippen LogP contribution in [0.4, 0.5) is 0 Å². The Morgan fingerprint density at radius 1 is 1.00 bits per heavy atom. The molecule has 2 rings (SSSR count). The topological polar surface area (TPSA) is 34.1 Å². The minimum atomic E-state index is -0.125. The van der Waals surface area contributed by atoms with Gasteiger partial charge in [0.1, 0.15) is 6.29 Å². The predicted octanol–water partition coefficient (Wildman–Crippen LogP) is 4.27. The van der Waals surface area contributed by atoms with Crippen LogP contribution in [0.2, 0.25) is 0 Å². The third kappa shape index (κ3) is 3.88. The maximum Gasteiger partial charge on any atom is 0.163 e. The summed E-state index contributed by atoms with van der Waals surface area (Å²) in [7, 11) is 0. The molecule has 108 valence electrons. The van der Waals surface area contributed by atoms with E-state index in [9.17, 15) is 9.59 Å². The van der Waals surface area contributed by atoms with Crippen molar-refractivity contribution in [1.29, 1.82) is 0 Å². The molecule has 0 aliphatic rings. The Bertz CT molecular complexity index is 575. The molecule has 0 amide bonds. The number of aldehydes is 1. The van der Waals surface area contributed by atoms with Gasteiger partial charge in [-0.3, -0.25) is 4.79 Å². The third-order valence-corrected chi connectivity index (χ3v) is 3.89. The normalized spacial score (nSPS) is 13.4. The van der Waals surface area contributed by atoms with E-state index in [0.29, 0.717) is 12.0 Å². The molecule has 2 atom stereocenters. The molecule has 2 aromatic carbocycles. The van der Waals surface area contributed by atoms with E-state index < -0.39 is 0 Å². The van der Waals surface area contributed by atoms with Gasteiger partial charge in [0.15, 0.2) is 5.78 Å². The first-order valence-electron chi connectivity index (χ1n) is 7.34. The van der Waals surface area contributed by atoms with Crippen molar-refractivity contribution in [1.82, 2.24) is 0 Å². The molecular formula is C19H20O2. The lowest BCUT2D eigenvalue weighted by atomic mass is 9.81. The number of benzene rings is 2. The molecule has 0 N–H and O–H groups in total. The Kier molecular flexibility index (Phi) is 5.44. The van der Waals surface area contributed by atoms with E-state index in [4.69, 9.17) is 0 Å². The van der Waals surface area contributed by atoms with Crippen molar-refractivity contribution in [3.05, 3.63) is 71.8 Å². The molecule has 2 heteroatoms. The molecule has 0 saturated carbocycles. The van der Waals surface area contributed by atoms with Crippen molar-refractivity contribution < 1.29 is 9.59 Å². The summed E-state index contributed by atoms with van der Waals surface area (Å²) < 4.78 is 0. The van der Waals surface area contributed by atoms with Crippen LogP contribution < -0.4 is 0 Å². The van der Waals surface area contributed by atoms with Gasteiger partial charge in [-0.1, -0.05) is 67.6 Å². The molecule has 0 heterocycles.